The monoisotopic (exact) mass is 344 g/mol. The normalized spacial score (nSPS) is 25.1. The molecule has 20 heavy (non-hydrogen) atoms. The lowest BCUT2D eigenvalue weighted by Gasteiger charge is -2.41. The van der Waals surface area contributed by atoms with Crippen LogP contribution in [0, 0.1) is 0 Å². The van der Waals surface area contributed by atoms with Crippen LogP contribution in [0.3, 0.4) is 0 Å². The van der Waals surface area contributed by atoms with Crippen molar-refractivity contribution < 1.29 is 18.9 Å². The van der Waals surface area contributed by atoms with Crippen molar-refractivity contribution in [2.75, 3.05) is 26.9 Å². The van der Waals surface area contributed by atoms with Gasteiger partial charge in [-0.05, 0) is 19.1 Å². The van der Waals surface area contributed by atoms with E-state index in [4.69, 9.17) is 18.9 Å². The summed E-state index contributed by atoms with van der Waals surface area (Å²) in [5, 5.41) is 0. The van der Waals surface area contributed by atoms with Crippen molar-refractivity contribution in [2.24, 2.45) is 0 Å². The van der Waals surface area contributed by atoms with Crippen LogP contribution in [0.15, 0.2) is 24.3 Å². The van der Waals surface area contributed by atoms with Gasteiger partial charge in [0.15, 0.2) is 11.5 Å². The molecule has 1 aliphatic rings. The first-order chi connectivity index (χ1) is 9.76. The molecule has 0 spiro atoms. The van der Waals surface area contributed by atoms with Crippen LogP contribution in [0.25, 0.3) is 0 Å². The number of benzene rings is 1. The third-order valence-electron chi connectivity index (χ3n) is 3.21. The van der Waals surface area contributed by atoms with Gasteiger partial charge in [0.05, 0.1) is 19.8 Å². The lowest BCUT2D eigenvalue weighted by atomic mass is 9.91. The average molecular weight is 345 g/mol. The van der Waals surface area contributed by atoms with Crippen molar-refractivity contribution in [1.82, 2.24) is 0 Å². The summed E-state index contributed by atoms with van der Waals surface area (Å²) in [7, 11) is 1.67. The Labute approximate surface area is 128 Å². The lowest BCUT2D eigenvalue weighted by Crippen LogP contribution is -2.52. The van der Waals surface area contributed by atoms with Gasteiger partial charge >= 0.3 is 0 Å². The molecule has 1 saturated carbocycles. The van der Waals surface area contributed by atoms with Crippen LogP contribution in [-0.2, 0) is 9.47 Å². The molecule has 112 valence electrons. The third-order valence-corrected chi connectivity index (χ3v) is 4.10. The molecular weight excluding hydrogens is 324 g/mol. The minimum absolute atomic E-state index is 0.0536. The van der Waals surface area contributed by atoms with Gasteiger partial charge in [-0.2, -0.15) is 0 Å². The Bertz CT molecular complexity index is 413. The van der Waals surface area contributed by atoms with E-state index in [0.29, 0.717) is 24.6 Å². The van der Waals surface area contributed by atoms with E-state index < -0.39 is 0 Å². The van der Waals surface area contributed by atoms with Crippen molar-refractivity contribution in [3.8, 4) is 11.5 Å². The highest BCUT2D eigenvalue weighted by molar-refractivity contribution is 9.09. The minimum Gasteiger partial charge on any atom is -0.490 e. The Morgan fingerprint density at radius 1 is 1.20 bits per heavy atom. The molecule has 0 bridgehead atoms. The van der Waals surface area contributed by atoms with Crippen LogP contribution in [0.4, 0.5) is 0 Å². The highest BCUT2D eigenvalue weighted by Crippen LogP contribution is 2.37. The highest BCUT2D eigenvalue weighted by atomic mass is 79.9. The molecule has 0 amide bonds. The predicted molar refractivity (Wildman–Crippen MR) is 81.0 cm³/mol. The van der Waals surface area contributed by atoms with E-state index in [1.54, 1.807) is 7.11 Å². The SMILES string of the molecule is CCOc1ccccc1OC1CC(Br)C1OCCOC. The number of ether oxygens (including phenoxy) is 4. The van der Waals surface area contributed by atoms with Crippen LogP contribution >= 0.6 is 15.9 Å². The summed E-state index contributed by atoms with van der Waals surface area (Å²) in [6.07, 6.45) is 1.04. The molecule has 0 saturated heterocycles. The topological polar surface area (TPSA) is 36.9 Å². The van der Waals surface area contributed by atoms with Gasteiger partial charge in [-0.15, -0.1) is 0 Å². The van der Waals surface area contributed by atoms with Gasteiger partial charge in [0.1, 0.15) is 12.2 Å². The van der Waals surface area contributed by atoms with Gasteiger partial charge in [0, 0.05) is 18.4 Å². The molecule has 0 N–H and O–H groups in total. The number of hydrogen-bond donors (Lipinski definition) is 0. The first-order valence-electron chi connectivity index (χ1n) is 6.89. The van der Waals surface area contributed by atoms with Gasteiger partial charge in [0.2, 0.25) is 0 Å². The minimum atomic E-state index is 0.0536. The molecule has 4 nitrogen and oxygen atoms in total. The van der Waals surface area contributed by atoms with E-state index in [9.17, 15) is 0 Å². The summed E-state index contributed by atoms with van der Waals surface area (Å²) >= 11 is 3.60. The number of methoxy groups -OCH3 is 1. The summed E-state index contributed by atoms with van der Waals surface area (Å²) < 4.78 is 22.4. The predicted octanol–water partition coefficient (Wildman–Crippen LogP) is 3.03. The quantitative estimate of drug-likeness (QED) is 0.536. The molecule has 1 aliphatic carbocycles. The maximum Gasteiger partial charge on any atom is 0.161 e. The van der Waals surface area contributed by atoms with Crippen LogP contribution in [0.5, 0.6) is 11.5 Å². The first kappa shape index (κ1) is 15.6. The lowest BCUT2D eigenvalue weighted by molar-refractivity contribution is -0.0871. The van der Waals surface area contributed by atoms with E-state index in [1.165, 1.54) is 0 Å². The fourth-order valence-corrected chi connectivity index (χ4v) is 2.97. The fourth-order valence-electron chi connectivity index (χ4n) is 2.11. The Hall–Kier alpha value is -0.780. The van der Waals surface area contributed by atoms with Crippen molar-refractivity contribution >= 4 is 15.9 Å². The Balaban J connectivity index is 1.92. The third kappa shape index (κ3) is 3.87. The van der Waals surface area contributed by atoms with E-state index in [2.05, 4.69) is 15.9 Å². The molecule has 3 atom stereocenters. The molecule has 0 heterocycles. The largest absolute Gasteiger partial charge is 0.490 e. The molecule has 0 radical (unpaired) electrons. The zero-order valence-corrected chi connectivity index (χ0v) is 13.5. The smallest absolute Gasteiger partial charge is 0.161 e. The molecule has 2 rings (SSSR count). The molecular formula is C15H21BrO4. The van der Waals surface area contributed by atoms with E-state index in [-0.39, 0.29) is 12.2 Å². The number of para-hydroxylation sites is 2. The summed E-state index contributed by atoms with van der Waals surface area (Å²) in [5.74, 6) is 1.56. The van der Waals surface area contributed by atoms with Gasteiger partial charge in [-0.1, -0.05) is 28.1 Å². The summed E-state index contributed by atoms with van der Waals surface area (Å²) in [5.41, 5.74) is 0. The second-order valence-electron chi connectivity index (χ2n) is 4.62. The van der Waals surface area contributed by atoms with Crippen LogP contribution in [0.1, 0.15) is 13.3 Å². The van der Waals surface area contributed by atoms with E-state index >= 15 is 0 Å². The summed E-state index contributed by atoms with van der Waals surface area (Å²) in [4.78, 5) is 0.337. The second-order valence-corrected chi connectivity index (χ2v) is 5.79. The zero-order valence-electron chi connectivity index (χ0n) is 11.9. The van der Waals surface area contributed by atoms with Crippen molar-refractivity contribution in [2.45, 2.75) is 30.4 Å². The van der Waals surface area contributed by atoms with Gasteiger partial charge < -0.3 is 18.9 Å². The van der Waals surface area contributed by atoms with Crippen molar-refractivity contribution in [3.05, 3.63) is 24.3 Å². The molecule has 1 fully saturated rings. The first-order valence-corrected chi connectivity index (χ1v) is 7.81. The molecule has 1 aromatic rings. The number of rotatable bonds is 8. The highest BCUT2D eigenvalue weighted by Gasteiger charge is 2.42. The molecule has 5 heteroatoms. The Morgan fingerprint density at radius 3 is 2.60 bits per heavy atom. The average Bonchev–Trinajstić information content (AvgIpc) is 2.45. The van der Waals surface area contributed by atoms with Crippen LogP contribution in [-0.4, -0.2) is 44.0 Å². The molecule has 3 unspecified atom stereocenters. The number of halogens is 1. The van der Waals surface area contributed by atoms with E-state index in [1.807, 2.05) is 31.2 Å². The van der Waals surface area contributed by atoms with Gasteiger partial charge in [-0.3, -0.25) is 0 Å². The van der Waals surface area contributed by atoms with Crippen LogP contribution in [0.2, 0.25) is 0 Å². The maximum atomic E-state index is 6.03. The van der Waals surface area contributed by atoms with Gasteiger partial charge in [-0.25, -0.2) is 0 Å². The maximum absolute atomic E-state index is 6.03. The molecule has 1 aromatic carbocycles. The Kier molecular flexibility index (Phi) is 6.13. The van der Waals surface area contributed by atoms with Crippen LogP contribution < -0.4 is 9.47 Å². The summed E-state index contributed by atoms with van der Waals surface area (Å²) in [6.45, 7) is 3.76. The van der Waals surface area contributed by atoms with Crippen molar-refractivity contribution in [3.63, 3.8) is 0 Å². The molecule has 0 aromatic heterocycles. The molecule has 0 aliphatic heterocycles. The standard InChI is InChI=1S/C15H21BrO4/c1-3-18-12-6-4-5-7-13(12)20-14-10-11(16)15(14)19-9-8-17-2/h4-7,11,14-15H,3,8-10H2,1-2H3. The number of hydrogen-bond acceptors (Lipinski definition) is 4. The van der Waals surface area contributed by atoms with Gasteiger partial charge in [0.25, 0.3) is 0 Å². The van der Waals surface area contributed by atoms with E-state index in [0.717, 1.165) is 17.9 Å². The zero-order chi connectivity index (χ0) is 14.4. The van der Waals surface area contributed by atoms with Crippen molar-refractivity contribution in [1.29, 1.82) is 0 Å². The fraction of sp³-hybridized carbons (Fsp3) is 0.600. The number of alkyl halides is 1. The second kappa shape index (κ2) is 7.86. The Morgan fingerprint density at radius 2 is 1.95 bits per heavy atom. The summed E-state index contributed by atoms with van der Waals surface area (Å²) in [6, 6.07) is 7.74.